The van der Waals surface area contributed by atoms with Gasteiger partial charge in [-0.3, -0.25) is 0 Å². The minimum absolute atomic E-state index is 0.122. The van der Waals surface area contributed by atoms with Gasteiger partial charge in [0, 0.05) is 12.2 Å². The Morgan fingerprint density at radius 1 is 1.10 bits per heavy atom. The van der Waals surface area contributed by atoms with Crippen molar-refractivity contribution in [3.05, 3.63) is 59.7 Å². The number of sulfonamides is 1. The maximum Gasteiger partial charge on any atom is 0.238 e. The summed E-state index contributed by atoms with van der Waals surface area (Å²) in [6, 6.07) is 15.1. The average Bonchev–Trinajstić information content (AvgIpc) is 3.30. The van der Waals surface area contributed by atoms with E-state index < -0.39 is 10.0 Å². The number of hydrogen-bond acceptors (Lipinski definition) is 3. The van der Waals surface area contributed by atoms with Crippen molar-refractivity contribution >= 4 is 15.7 Å². The van der Waals surface area contributed by atoms with Crippen molar-refractivity contribution in [1.29, 1.82) is 0 Å². The molecule has 3 N–H and O–H groups in total. The summed E-state index contributed by atoms with van der Waals surface area (Å²) in [5.74, 6) is 0.762. The zero-order valence-corrected chi connectivity index (χ0v) is 12.4. The van der Waals surface area contributed by atoms with Crippen LogP contribution in [0.15, 0.2) is 53.4 Å². The topological polar surface area (TPSA) is 72.2 Å². The smallest absolute Gasteiger partial charge is 0.238 e. The van der Waals surface area contributed by atoms with Crippen LogP contribution in [0.2, 0.25) is 0 Å². The largest absolute Gasteiger partial charge is 0.381 e. The van der Waals surface area contributed by atoms with E-state index in [9.17, 15) is 8.42 Å². The lowest BCUT2D eigenvalue weighted by Gasteiger charge is -2.08. The molecule has 1 saturated carbocycles. The Bertz CT molecular complexity index is 735. The van der Waals surface area contributed by atoms with Gasteiger partial charge in [0.1, 0.15) is 0 Å². The average molecular weight is 302 g/mol. The minimum Gasteiger partial charge on any atom is -0.381 e. The SMILES string of the molecule is NS(=O)(=O)c1cccc(NCc2ccc(C3CC3)cc2)c1. The van der Waals surface area contributed by atoms with Gasteiger partial charge in [-0.25, -0.2) is 13.6 Å². The van der Waals surface area contributed by atoms with Gasteiger partial charge in [-0.15, -0.1) is 0 Å². The van der Waals surface area contributed by atoms with Gasteiger partial charge in [-0.2, -0.15) is 0 Å². The third kappa shape index (κ3) is 3.62. The molecule has 1 aliphatic rings. The highest BCUT2D eigenvalue weighted by atomic mass is 32.2. The van der Waals surface area contributed by atoms with Crippen LogP contribution in [0, 0.1) is 0 Å². The van der Waals surface area contributed by atoms with Crippen molar-refractivity contribution in [1.82, 2.24) is 0 Å². The first-order chi connectivity index (χ1) is 10.0. The normalized spacial score (nSPS) is 14.9. The summed E-state index contributed by atoms with van der Waals surface area (Å²) in [4.78, 5) is 0.122. The van der Waals surface area contributed by atoms with Crippen LogP contribution in [0.25, 0.3) is 0 Å². The molecular formula is C16H18N2O2S. The van der Waals surface area contributed by atoms with E-state index in [-0.39, 0.29) is 4.90 Å². The number of nitrogens with two attached hydrogens (primary N) is 1. The van der Waals surface area contributed by atoms with Crippen molar-refractivity contribution in [2.75, 3.05) is 5.32 Å². The first kappa shape index (κ1) is 14.1. The first-order valence-electron chi connectivity index (χ1n) is 6.98. The van der Waals surface area contributed by atoms with Gasteiger partial charge in [-0.1, -0.05) is 30.3 Å². The lowest BCUT2D eigenvalue weighted by Crippen LogP contribution is -2.12. The number of anilines is 1. The Balaban J connectivity index is 1.67. The van der Waals surface area contributed by atoms with Crippen LogP contribution >= 0.6 is 0 Å². The second kappa shape index (κ2) is 5.50. The molecule has 0 atom stereocenters. The predicted octanol–water partition coefficient (Wildman–Crippen LogP) is 2.82. The monoisotopic (exact) mass is 302 g/mol. The molecule has 0 aromatic heterocycles. The molecule has 21 heavy (non-hydrogen) atoms. The fourth-order valence-corrected chi connectivity index (χ4v) is 2.87. The summed E-state index contributed by atoms with van der Waals surface area (Å²) in [5.41, 5.74) is 3.32. The minimum atomic E-state index is -3.66. The molecule has 0 heterocycles. The van der Waals surface area contributed by atoms with Gasteiger partial charge in [-0.05, 0) is 48.1 Å². The van der Waals surface area contributed by atoms with E-state index in [1.54, 1.807) is 12.1 Å². The number of benzene rings is 2. The van der Waals surface area contributed by atoms with Crippen LogP contribution in [0.5, 0.6) is 0 Å². The highest BCUT2D eigenvalue weighted by Gasteiger charge is 2.22. The summed E-state index contributed by atoms with van der Waals surface area (Å²) in [6.45, 7) is 0.652. The van der Waals surface area contributed by atoms with E-state index in [1.807, 2.05) is 6.07 Å². The standard InChI is InChI=1S/C16H18N2O2S/c17-21(19,20)16-3-1-2-15(10-16)18-11-12-4-6-13(7-5-12)14-8-9-14/h1-7,10,14,18H,8-9,11H2,(H2,17,19,20). The Kier molecular flexibility index (Phi) is 3.69. The molecule has 0 amide bonds. The summed E-state index contributed by atoms with van der Waals surface area (Å²) >= 11 is 0. The summed E-state index contributed by atoms with van der Waals surface area (Å²) in [7, 11) is -3.66. The van der Waals surface area contributed by atoms with Crippen molar-refractivity contribution in [3.63, 3.8) is 0 Å². The van der Waals surface area contributed by atoms with E-state index in [4.69, 9.17) is 5.14 Å². The molecule has 0 aliphatic heterocycles. The van der Waals surface area contributed by atoms with Crippen molar-refractivity contribution in [2.24, 2.45) is 5.14 Å². The van der Waals surface area contributed by atoms with Crippen LogP contribution in [0.4, 0.5) is 5.69 Å². The second-order valence-corrected chi connectivity index (χ2v) is 7.00. The molecule has 3 rings (SSSR count). The predicted molar refractivity (Wildman–Crippen MR) is 83.6 cm³/mol. The number of rotatable bonds is 5. The zero-order valence-electron chi connectivity index (χ0n) is 11.6. The van der Waals surface area contributed by atoms with Crippen molar-refractivity contribution in [3.8, 4) is 0 Å². The third-order valence-corrected chi connectivity index (χ3v) is 4.60. The molecule has 0 unspecified atom stereocenters. The fraction of sp³-hybridized carbons (Fsp3) is 0.250. The third-order valence-electron chi connectivity index (χ3n) is 3.69. The Morgan fingerprint density at radius 2 is 1.81 bits per heavy atom. The molecule has 0 bridgehead atoms. The molecular weight excluding hydrogens is 284 g/mol. The molecule has 0 saturated heterocycles. The van der Waals surface area contributed by atoms with Gasteiger partial charge in [0.2, 0.25) is 10.0 Å². The molecule has 110 valence electrons. The van der Waals surface area contributed by atoms with E-state index in [0.717, 1.165) is 11.6 Å². The molecule has 2 aromatic carbocycles. The van der Waals surface area contributed by atoms with Crippen LogP contribution in [0.1, 0.15) is 29.9 Å². The molecule has 2 aromatic rings. The van der Waals surface area contributed by atoms with Gasteiger partial charge in [0.05, 0.1) is 4.90 Å². The van der Waals surface area contributed by atoms with Crippen LogP contribution in [-0.2, 0) is 16.6 Å². The summed E-state index contributed by atoms with van der Waals surface area (Å²) < 4.78 is 22.6. The van der Waals surface area contributed by atoms with Gasteiger partial charge in [0.15, 0.2) is 0 Å². The Morgan fingerprint density at radius 3 is 2.43 bits per heavy atom. The number of nitrogens with one attached hydrogen (secondary N) is 1. The van der Waals surface area contributed by atoms with Gasteiger partial charge < -0.3 is 5.32 Å². The van der Waals surface area contributed by atoms with Gasteiger partial charge in [0.25, 0.3) is 0 Å². The highest BCUT2D eigenvalue weighted by molar-refractivity contribution is 7.89. The number of hydrogen-bond donors (Lipinski definition) is 2. The maximum absolute atomic E-state index is 11.3. The van der Waals surface area contributed by atoms with Crippen LogP contribution in [-0.4, -0.2) is 8.42 Å². The molecule has 0 radical (unpaired) electrons. The van der Waals surface area contributed by atoms with Crippen molar-refractivity contribution in [2.45, 2.75) is 30.2 Å². The Labute approximate surface area is 125 Å². The molecule has 1 fully saturated rings. The highest BCUT2D eigenvalue weighted by Crippen LogP contribution is 2.39. The first-order valence-corrected chi connectivity index (χ1v) is 8.52. The van der Waals surface area contributed by atoms with Gasteiger partial charge >= 0.3 is 0 Å². The summed E-state index contributed by atoms with van der Waals surface area (Å²) in [6.07, 6.45) is 2.61. The zero-order chi connectivity index (χ0) is 14.9. The van der Waals surface area contributed by atoms with Crippen LogP contribution in [0.3, 0.4) is 0 Å². The van der Waals surface area contributed by atoms with E-state index >= 15 is 0 Å². The lowest BCUT2D eigenvalue weighted by atomic mass is 10.1. The van der Waals surface area contributed by atoms with Crippen molar-refractivity contribution < 1.29 is 8.42 Å². The van der Waals surface area contributed by atoms with E-state index in [1.165, 1.54) is 30.0 Å². The quantitative estimate of drug-likeness (QED) is 0.892. The molecule has 1 aliphatic carbocycles. The Hall–Kier alpha value is -1.85. The van der Waals surface area contributed by atoms with E-state index in [0.29, 0.717) is 6.54 Å². The number of primary sulfonamides is 1. The molecule has 4 nitrogen and oxygen atoms in total. The second-order valence-electron chi connectivity index (χ2n) is 5.44. The summed E-state index contributed by atoms with van der Waals surface area (Å²) in [5, 5.41) is 8.35. The lowest BCUT2D eigenvalue weighted by molar-refractivity contribution is 0.598. The maximum atomic E-state index is 11.3. The van der Waals surface area contributed by atoms with Crippen LogP contribution < -0.4 is 10.5 Å². The molecule has 0 spiro atoms. The fourth-order valence-electron chi connectivity index (χ4n) is 2.31. The van der Waals surface area contributed by atoms with E-state index in [2.05, 4.69) is 29.6 Å². The molecule has 5 heteroatoms.